The Kier molecular flexibility index (Phi) is 4.97. The topological polar surface area (TPSA) is 63.2 Å². The van der Waals surface area contributed by atoms with Crippen LogP contribution in [0, 0.1) is 0 Å². The van der Waals surface area contributed by atoms with Gasteiger partial charge in [0.15, 0.2) is 11.5 Å². The van der Waals surface area contributed by atoms with E-state index in [-0.39, 0.29) is 25.1 Å². The number of benzene rings is 2. The third-order valence-electron chi connectivity index (χ3n) is 4.22. The second-order valence-corrected chi connectivity index (χ2v) is 5.55. The predicted molar refractivity (Wildman–Crippen MR) is 90.6 cm³/mol. The van der Waals surface area contributed by atoms with Crippen molar-refractivity contribution in [2.75, 3.05) is 28.1 Å². The summed E-state index contributed by atoms with van der Waals surface area (Å²) >= 11 is 0. The van der Waals surface area contributed by atoms with Crippen molar-refractivity contribution in [1.82, 2.24) is 0 Å². The number of rotatable bonds is 6. The van der Waals surface area contributed by atoms with E-state index < -0.39 is 0 Å². The Balaban J connectivity index is 2.05. The number of hydrogen-bond donors (Lipinski definition) is 0. The molecule has 0 aromatic heterocycles. The zero-order valence-electron chi connectivity index (χ0n) is 14.4. The summed E-state index contributed by atoms with van der Waals surface area (Å²) in [6.45, 7) is 0.173. The molecule has 0 fully saturated rings. The summed E-state index contributed by atoms with van der Waals surface area (Å²) in [5.41, 5.74) is 1.78. The Hall–Kier alpha value is -2.89. The van der Waals surface area contributed by atoms with Gasteiger partial charge >= 0.3 is 5.97 Å². The highest BCUT2D eigenvalue weighted by Gasteiger charge is 2.26. The summed E-state index contributed by atoms with van der Waals surface area (Å²) in [6, 6.07) is 11.2. The van der Waals surface area contributed by atoms with Crippen LogP contribution in [0.25, 0.3) is 0 Å². The highest BCUT2D eigenvalue weighted by atomic mass is 16.7. The van der Waals surface area contributed by atoms with Crippen LogP contribution in [0.5, 0.6) is 23.0 Å². The van der Waals surface area contributed by atoms with Crippen molar-refractivity contribution < 1.29 is 28.5 Å². The number of methoxy groups -OCH3 is 3. The van der Waals surface area contributed by atoms with E-state index in [1.165, 1.54) is 7.11 Å². The standard InChI is InChI=1S/C19H20O6/c1-21-13-6-4-12(5-7-13)14(9-19(20)23-3)15-8-17-18(25-11-24-17)10-16(15)22-2/h4-8,10,14H,9,11H2,1-3H3/t14-/m1/s1. The lowest BCUT2D eigenvalue weighted by atomic mass is 9.87. The van der Waals surface area contributed by atoms with E-state index in [9.17, 15) is 4.79 Å². The number of ether oxygens (including phenoxy) is 5. The molecule has 132 valence electrons. The first-order valence-corrected chi connectivity index (χ1v) is 7.84. The van der Waals surface area contributed by atoms with Crippen LogP contribution in [0.3, 0.4) is 0 Å². The van der Waals surface area contributed by atoms with E-state index in [2.05, 4.69) is 0 Å². The molecule has 1 heterocycles. The Morgan fingerprint density at radius 1 is 1.04 bits per heavy atom. The molecule has 2 aromatic rings. The lowest BCUT2D eigenvalue weighted by molar-refractivity contribution is -0.140. The first-order valence-electron chi connectivity index (χ1n) is 7.84. The maximum absolute atomic E-state index is 12.0. The van der Waals surface area contributed by atoms with Gasteiger partial charge in [-0.25, -0.2) is 0 Å². The minimum absolute atomic E-state index is 0.173. The van der Waals surface area contributed by atoms with E-state index >= 15 is 0 Å². The van der Waals surface area contributed by atoms with E-state index in [0.29, 0.717) is 17.2 Å². The van der Waals surface area contributed by atoms with E-state index in [4.69, 9.17) is 23.7 Å². The normalized spacial score (nSPS) is 13.2. The molecule has 0 radical (unpaired) electrons. The Morgan fingerprint density at radius 3 is 2.32 bits per heavy atom. The van der Waals surface area contributed by atoms with Gasteiger partial charge < -0.3 is 23.7 Å². The van der Waals surface area contributed by atoms with Gasteiger partial charge in [-0.05, 0) is 23.8 Å². The molecule has 0 saturated carbocycles. The molecule has 0 unspecified atom stereocenters. The van der Waals surface area contributed by atoms with Crippen molar-refractivity contribution in [2.45, 2.75) is 12.3 Å². The van der Waals surface area contributed by atoms with Gasteiger partial charge in [0.2, 0.25) is 6.79 Å². The first-order chi connectivity index (χ1) is 12.2. The number of esters is 1. The van der Waals surface area contributed by atoms with Crippen molar-refractivity contribution in [3.63, 3.8) is 0 Å². The van der Waals surface area contributed by atoms with Gasteiger partial charge in [-0.2, -0.15) is 0 Å². The van der Waals surface area contributed by atoms with Crippen molar-refractivity contribution in [3.05, 3.63) is 47.5 Å². The Labute approximate surface area is 146 Å². The molecular formula is C19H20O6. The number of fused-ring (bicyclic) bond motifs is 1. The maximum atomic E-state index is 12.0. The lowest BCUT2D eigenvalue weighted by Crippen LogP contribution is -2.11. The monoisotopic (exact) mass is 344 g/mol. The first kappa shape index (κ1) is 17.0. The fourth-order valence-corrected chi connectivity index (χ4v) is 2.88. The summed E-state index contributed by atoms with van der Waals surface area (Å²) in [6.07, 6.45) is 0.179. The summed E-state index contributed by atoms with van der Waals surface area (Å²) in [5.74, 6) is 2.10. The van der Waals surface area contributed by atoms with Crippen LogP contribution in [0.4, 0.5) is 0 Å². The molecule has 0 amide bonds. The summed E-state index contributed by atoms with van der Waals surface area (Å²) < 4.78 is 26.5. The van der Waals surface area contributed by atoms with E-state index in [1.807, 2.05) is 30.3 Å². The van der Waals surface area contributed by atoms with Crippen molar-refractivity contribution in [3.8, 4) is 23.0 Å². The Bertz CT molecular complexity index is 753. The van der Waals surface area contributed by atoms with Gasteiger partial charge in [0.25, 0.3) is 0 Å². The van der Waals surface area contributed by atoms with Gasteiger partial charge in [0.1, 0.15) is 11.5 Å². The molecule has 1 aliphatic rings. The van der Waals surface area contributed by atoms with Crippen LogP contribution in [-0.2, 0) is 9.53 Å². The molecule has 1 aliphatic heterocycles. The minimum atomic E-state index is -0.305. The highest BCUT2D eigenvalue weighted by molar-refractivity contribution is 5.72. The zero-order valence-corrected chi connectivity index (χ0v) is 14.4. The molecule has 6 heteroatoms. The second kappa shape index (κ2) is 7.34. The molecule has 1 atom stereocenters. The molecule has 0 saturated heterocycles. The molecule has 0 aliphatic carbocycles. The zero-order chi connectivity index (χ0) is 17.8. The summed E-state index contributed by atoms with van der Waals surface area (Å²) in [7, 11) is 4.58. The highest BCUT2D eigenvalue weighted by Crippen LogP contribution is 2.43. The van der Waals surface area contributed by atoms with Crippen molar-refractivity contribution in [1.29, 1.82) is 0 Å². The smallest absolute Gasteiger partial charge is 0.306 e. The van der Waals surface area contributed by atoms with Crippen molar-refractivity contribution in [2.24, 2.45) is 0 Å². The largest absolute Gasteiger partial charge is 0.497 e. The SMILES string of the molecule is COC(=O)C[C@H](c1ccc(OC)cc1)c1cc2c(cc1OC)OCO2. The van der Waals surface area contributed by atoms with Crippen LogP contribution in [0.2, 0.25) is 0 Å². The summed E-state index contributed by atoms with van der Waals surface area (Å²) in [4.78, 5) is 12.0. The third-order valence-corrected chi connectivity index (χ3v) is 4.22. The second-order valence-electron chi connectivity index (χ2n) is 5.55. The maximum Gasteiger partial charge on any atom is 0.306 e. The number of carbonyl (C=O) groups is 1. The molecular weight excluding hydrogens is 324 g/mol. The molecule has 3 rings (SSSR count). The lowest BCUT2D eigenvalue weighted by Gasteiger charge is -2.20. The van der Waals surface area contributed by atoms with Gasteiger partial charge in [0.05, 0.1) is 27.8 Å². The van der Waals surface area contributed by atoms with Crippen LogP contribution < -0.4 is 18.9 Å². The van der Waals surface area contributed by atoms with Crippen LogP contribution in [0.15, 0.2) is 36.4 Å². The minimum Gasteiger partial charge on any atom is -0.497 e. The van der Waals surface area contributed by atoms with Crippen LogP contribution in [-0.4, -0.2) is 34.1 Å². The predicted octanol–water partition coefficient (Wildman–Crippen LogP) is 3.13. The van der Waals surface area contributed by atoms with Gasteiger partial charge in [-0.15, -0.1) is 0 Å². The molecule has 0 spiro atoms. The quantitative estimate of drug-likeness (QED) is 0.750. The molecule has 0 N–H and O–H groups in total. The van der Waals surface area contributed by atoms with Gasteiger partial charge in [0, 0.05) is 17.5 Å². The third kappa shape index (κ3) is 3.47. The molecule has 0 bridgehead atoms. The fraction of sp³-hybridized carbons (Fsp3) is 0.316. The van der Waals surface area contributed by atoms with Crippen molar-refractivity contribution >= 4 is 5.97 Å². The molecule has 6 nitrogen and oxygen atoms in total. The fourth-order valence-electron chi connectivity index (χ4n) is 2.88. The van der Waals surface area contributed by atoms with Gasteiger partial charge in [-0.3, -0.25) is 4.79 Å². The number of carbonyl (C=O) groups excluding carboxylic acids is 1. The van der Waals surface area contributed by atoms with E-state index in [1.54, 1.807) is 20.3 Å². The van der Waals surface area contributed by atoms with Crippen LogP contribution >= 0.6 is 0 Å². The molecule has 2 aromatic carbocycles. The van der Waals surface area contributed by atoms with E-state index in [0.717, 1.165) is 16.9 Å². The average Bonchev–Trinajstić information content (AvgIpc) is 3.12. The average molecular weight is 344 g/mol. The molecule has 25 heavy (non-hydrogen) atoms. The van der Waals surface area contributed by atoms with Crippen LogP contribution in [0.1, 0.15) is 23.5 Å². The van der Waals surface area contributed by atoms with Gasteiger partial charge in [-0.1, -0.05) is 12.1 Å². The summed E-state index contributed by atoms with van der Waals surface area (Å²) in [5, 5.41) is 0. The number of hydrogen-bond acceptors (Lipinski definition) is 6. The Morgan fingerprint density at radius 2 is 1.72 bits per heavy atom.